The molecule has 0 aromatic heterocycles. The van der Waals surface area contributed by atoms with Gasteiger partial charge in [-0.2, -0.15) is 0 Å². The van der Waals surface area contributed by atoms with Crippen LogP contribution in [0.5, 0.6) is 0 Å². The predicted molar refractivity (Wildman–Crippen MR) is 126 cm³/mol. The minimum absolute atomic E-state index is 0.275. The van der Waals surface area contributed by atoms with E-state index in [1.54, 1.807) is 20.4 Å². The van der Waals surface area contributed by atoms with Crippen molar-refractivity contribution in [2.45, 2.75) is 41.2 Å². The predicted octanol–water partition coefficient (Wildman–Crippen LogP) is 2.81. The molecule has 0 aromatic carbocycles. The van der Waals surface area contributed by atoms with Gasteiger partial charge in [0, 0.05) is 33.0 Å². The van der Waals surface area contributed by atoms with E-state index < -0.39 is 31.6 Å². The minimum Gasteiger partial charge on any atom is -0.388 e. The van der Waals surface area contributed by atoms with Crippen molar-refractivity contribution in [1.29, 1.82) is 0 Å². The lowest BCUT2D eigenvalue weighted by Crippen LogP contribution is -2.61. The summed E-state index contributed by atoms with van der Waals surface area (Å²) < 4.78 is 46.1. The van der Waals surface area contributed by atoms with Crippen LogP contribution in [-0.4, -0.2) is 64.6 Å². The molecule has 0 heterocycles. The zero-order valence-corrected chi connectivity index (χ0v) is 24.2. The van der Waals surface area contributed by atoms with Crippen LogP contribution in [-0.2, 0) is 34.5 Å². The molecule has 27 heavy (non-hydrogen) atoms. The quantitative estimate of drug-likeness (QED) is 0.179. The normalized spacial score (nSPS) is 19.3. The van der Waals surface area contributed by atoms with Crippen LogP contribution in [0.3, 0.4) is 0 Å². The van der Waals surface area contributed by atoms with Crippen molar-refractivity contribution in [1.82, 2.24) is 0 Å². The van der Waals surface area contributed by atoms with E-state index in [9.17, 15) is 0 Å². The lowest BCUT2D eigenvalue weighted by atomic mass is 10.9. The van der Waals surface area contributed by atoms with E-state index in [4.69, 9.17) is 34.5 Å². The van der Waals surface area contributed by atoms with Crippen LogP contribution >= 0.6 is 48.3 Å². The second-order valence-corrected chi connectivity index (χ2v) is 21.1. The molecule has 0 aliphatic heterocycles. The Labute approximate surface area is 187 Å². The Hall–Kier alpha value is 1.95. The van der Waals surface area contributed by atoms with E-state index >= 15 is 0 Å². The van der Waals surface area contributed by atoms with Gasteiger partial charge in [-0.25, -0.2) is 0 Å². The first-order valence-electron chi connectivity index (χ1n) is 8.62. The highest BCUT2D eigenvalue weighted by Crippen LogP contribution is 2.32. The Balaban J connectivity index is 5.59. The molecule has 164 valence electrons. The largest absolute Gasteiger partial charge is 0.563 e. The standard InChI is InChI=1S/C11H32O8S4Si4/c1-7-12-24(6,20)17-26(22,15-10-4)19-27(23,16-11-5)18-25(21,13-8-2)14-9-3/h20-23H,7-11H2,1-6H3. The molecule has 0 amide bonds. The number of thiol groups is 4. The third kappa shape index (κ3) is 11.8. The molecule has 0 aromatic rings. The van der Waals surface area contributed by atoms with Gasteiger partial charge >= 0.3 is 31.6 Å². The maximum absolute atomic E-state index is 6.03. The molecule has 0 saturated heterocycles. The fraction of sp³-hybridized carbons (Fsp3) is 1.00. The number of hydrogen-bond donors (Lipinski definition) is 4. The molecule has 0 saturated carbocycles. The van der Waals surface area contributed by atoms with Gasteiger partial charge in [0.2, 0.25) is 0 Å². The molecular weight excluding hydrogens is 501 g/mol. The highest BCUT2D eigenvalue weighted by molar-refractivity contribution is 8.17. The number of hydrogen-bond acceptors (Lipinski definition) is 12. The summed E-state index contributed by atoms with van der Waals surface area (Å²) in [6.45, 7) is 12.5. The Kier molecular flexibility index (Phi) is 14.3. The molecule has 0 rings (SSSR count). The molecule has 0 spiro atoms. The average Bonchev–Trinajstić information content (AvgIpc) is 2.45. The molecule has 0 bridgehead atoms. The van der Waals surface area contributed by atoms with Crippen LogP contribution in [0.4, 0.5) is 0 Å². The summed E-state index contributed by atoms with van der Waals surface area (Å²) in [6, 6.07) is 0. The Morgan fingerprint density at radius 3 is 1.15 bits per heavy atom. The van der Waals surface area contributed by atoms with Crippen molar-refractivity contribution in [3.8, 4) is 0 Å². The second-order valence-electron chi connectivity index (χ2n) is 4.94. The van der Waals surface area contributed by atoms with E-state index in [1.807, 2.05) is 20.8 Å². The zero-order valence-electron chi connectivity index (χ0n) is 16.6. The Morgan fingerprint density at radius 2 is 0.778 bits per heavy atom. The van der Waals surface area contributed by atoms with Gasteiger partial charge in [-0.1, -0.05) is 0 Å². The van der Waals surface area contributed by atoms with Crippen LogP contribution in [0.25, 0.3) is 0 Å². The average molecular weight is 533 g/mol. The highest BCUT2D eigenvalue weighted by atomic mass is 32.3. The molecule has 0 fully saturated rings. The molecule has 3 atom stereocenters. The van der Waals surface area contributed by atoms with Gasteiger partial charge in [0.1, 0.15) is 0 Å². The maximum Gasteiger partial charge on any atom is 0.563 e. The highest BCUT2D eigenvalue weighted by Gasteiger charge is 2.58. The van der Waals surface area contributed by atoms with Crippen LogP contribution in [0, 0.1) is 0 Å². The molecule has 0 radical (unpaired) electrons. The molecule has 16 heteroatoms. The fourth-order valence-corrected chi connectivity index (χ4v) is 22.0. The van der Waals surface area contributed by atoms with Gasteiger partial charge in [0.25, 0.3) is 0 Å². The van der Waals surface area contributed by atoms with Crippen LogP contribution < -0.4 is 0 Å². The van der Waals surface area contributed by atoms with Crippen molar-refractivity contribution in [2.24, 2.45) is 0 Å². The summed E-state index contributed by atoms with van der Waals surface area (Å²) in [6.07, 6.45) is 0. The van der Waals surface area contributed by atoms with Crippen LogP contribution in [0.1, 0.15) is 34.6 Å². The summed E-state index contributed by atoms with van der Waals surface area (Å²) >= 11 is 18.0. The summed E-state index contributed by atoms with van der Waals surface area (Å²) in [4.78, 5) is 0. The van der Waals surface area contributed by atoms with Crippen molar-refractivity contribution < 1.29 is 34.5 Å². The van der Waals surface area contributed by atoms with Crippen molar-refractivity contribution >= 4 is 79.9 Å². The molecule has 3 unspecified atom stereocenters. The smallest absolute Gasteiger partial charge is 0.388 e. The SMILES string of the molecule is CCO[Si](C)(S)O[Si](S)(OCC)O[Si](S)(OCC)O[Si](S)(OCC)OCC. The molecule has 8 nitrogen and oxygen atoms in total. The van der Waals surface area contributed by atoms with Gasteiger partial charge in [-0.15, -0.1) is 48.3 Å². The van der Waals surface area contributed by atoms with Gasteiger partial charge in [-0.05, 0) is 41.2 Å². The van der Waals surface area contributed by atoms with Gasteiger partial charge in [-0.3, -0.25) is 0 Å². The summed E-state index contributed by atoms with van der Waals surface area (Å²) in [7, 11) is -13.4. The maximum atomic E-state index is 6.03. The lowest BCUT2D eigenvalue weighted by Gasteiger charge is -2.38. The Morgan fingerprint density at radius 1 is 0.481 bits per heavy atom. The third-order valence-corrected chi connectivity index (χ3v) is 19.5. The van der Waals surface area contributed by atoms with E-state index in [-0.39, 0.29) is 6.61 Å². The summed E-state index contributed by atoms with van der Waals surface area (Å²) in [5.41, 5.74) is 0. The first kappa shape index (κ1) is 28.9. The van der Waals surface area contributed by atoms with Gasteiger partial charge < -0.3 is 34.5 Å². The fourth-order valence-electron chi connectivity index (χ4n) is 1.85. The Bertz CT molecular complexity index is 424. The summed E-state index contributed by atoms with van der Waals surface area (Å²) in [5.74, 6) is 0. The molecule has 0 N–H and O–H groups in total. The van der Waals surface area contributed by atoms with E-state index in [0.717, 1.165) is 0 Å². The van der Waals surface area contributed by atoms with E-state index in [2.05, 4.69) is 48.3 Å². The van der Waals surface area contributed by atoms with Crippen molar-refractivity contribution in [3.05, 3.63) is 0 Å². The van der Waals surface area contributed by atoms with Crippen LogP contribution in [0.15, 0.2) is 0 Å². The topological polar surface area (TPSA) is 73.8 Å². The zero-order chi connectivity index (χ0) is 21.2. The van der Waals surface area contributed by atoms with E-state index in [1.165, 1.54) is 0 Å². The lowest BCUT2D eigenvalue weighted by molar-refractivity contribution is 0.0848. The van der Waals surface area contributed by atoms with Crippen molar-refractivity contribution in [3.63, 3.8) is 0 Å². The molecule has 0 aliphatic rings. The minimum atomic E-state index is -3.66. The third-order valence-electron chi connectivity index (χ3n) is 2.55. The van der Waals surface area contributed by atoms with Crippen LogP contribution in [0.2, 0.25) is 6.55 Å². The molecular formula is C11H32O8S4Si4. The first-order valence-corrected chi connectivity index (χ1v) is 21.3. The van der Waals surface area contributed by atoms with E-state index in [0.29, 0.717) is 26.4 Å². The second kappa shape index (κ2) is 13.4. The summed E-state index contributed by atoms with van der Waals surface area (Å²) in [5, 5.41) is 0. The molecule has 0 aliphatic carbocycles. The monoisotopic (exact) mass is 532 g/mol. The number of rotatable bonds is 16. The van der Waals surface area contributed by atoms with Crippen molar-refractivity contribution in [2.75, 3.05) is 33.0 Å². The first-order chi connectivity index (χ1) is 12.4. The van der Waals surface area contributed by atoms with Gasteiger partial charge in [0.05, 0.1) is 0 Å². The van der Waals surface area contributed by atoms with Gasteiger partial charge in [0.15, 0.2) is 0 Å².